The summed E-state index contributed by atoms with van der Waals surface area (Å²) in [6.07, 6.45) is 2.96. The van der Waals surface area contributed by atoms with Crippen molar-refractivity contribution in [2.75, 3.05) is 6.61 Å². The van der Waals surface area contributed by atoms with Gasteiger partial charge in [0.25, 0.3) is 0 Å². The molecule has 1 aromatic carbocycles. The SMILES string of the molecule is Cc1c(CCCCO)[nH]c2ccccc12. The van der Waals surface area contributed by atoms with E-state index in [1.54, 1.807) is 0 Å². The van der Waals surface area contributed by atoms with Crippen LogP contribution in [0.25, 0.3) is 10.9 Å². The largest absolute Gasteiger partial charge is 0.396 e. The number of aliphatic hydroxyl groups is 1. The first kappa shape index (κ1) is 10.2. The van der Waals surface area contributed by atoms with E-state index in [0.717, 1.165) is 19.3 Å². The van der Waals surface area contributed by atoms with Crippen LogP contribution in [0, 0.1) is 6.92 Å². The van der Waals surface area contributed by atoms with Gasteiger partial charge in [-0.1, -0.05) is 18.2 Å². The minimum absolute atomic E-state index is 0.291. The monoisotopic (exact) mass is 203 g/mol. The highest BCUT2D eigenvalue weighted by Gasteiger charge is 2.05. The second kappa shape index (κ2) is 4.49. The first-order valence-corrected chi connectivity index (χ1v) is 5.50. The van der Waals surface area contributed by atoms with Crippen molar-refractivity contribution in [3.8, 4) is 0 Å². The second-order valence-electron chi connectivity index (χ2n) is 3.95. The zero-order valence-electron chi connectivity index (χ0n) is 9.09. The summed E-state index contributed by atoms with van der Waals surface area (Å²) in [6.45, 7) is 2.45. The Hall–Kier alpha value is -1.28. The number of nitrogens with one attached hydrogen (secondary N) is 1. The summed E-state index contributed by atoms with van der Waals surface area (Å²) in [7, 11) is 0. The van der Waals surface area contributed by atoms with Crippen LogP contribution in [0.1, 0.15) is 24.1 Å². The smallest absolute Gasteiger partial charge is 0.0458 e. The lowest BCUT2D eigenvalue weighted by molar-refractivity contribution is 0.284. The molecule has 2 rings (SSSR count). The van der Waals surface area contributed by atoms with Crippen LogP contribution >= 0.6 is 0 Å². The van der Waals surface area contributed by atoms with Crippen molar-refractivity contribution in [3.63, 3.8) is 0 Å². The Kier molecular flexibility index (Phi) is 3.07. The van der Waals surface area contributed by atoms with Crippen molar-refractivity contribution in [2.24, 2.45) is 0 Å². The minimum atomic E-state index is 0.291. The van der Waals surface area contributed by atoms with Crippen LogP contribution in [0.3, 0.4) is 0 Å². The number of unbranched alkanes of at least 4 members (excludes halogenated alkanes) is 1. The van der Waals surface area contributed by atoms with E-state index in [4.69, 9.17) is 5.11 Å². The fraction of sp³-hybridized carbons (Fsp3) is 0.385. The van der Waals surface area contributed by atoms with Crippen LogP contribution in [0.4, 0.5) is 0 Å². The molecule has 2 N–H and O–H groups in total. The minimum Gasteiger partial charge on any atom is -0.396 e. The van der Waals surface area contributed by atoms with Gasteiger partial charge in [0, 0.05) is 23.2 Å². The molecular weight excluding hydrogens is 186 g/mol. The summed E-state index contributed by atoms with van der Waals surface area (Å²) in [5, 5.41) is 10.1. The van der Waals surface area contributed by atoms with Crippen molar-refractivity contribution in [1.82, 2.24) is 4.98 Å². The summed E-state index contributed by atoms with van der Waals surface area (Å²) in [5.41, 5.74) is 3.88. The molecule has 0 aliphatic carbocycles. The summed E-state index contributed by atoms with van der Waals surface area (Å²) in [4.78, 5) is 3.44. The number of aliphatic hydroxyl groups excluding tert-OH is 1. The van der Waals surface area contributed by atoms with Crippen molar-refractivity contribution in [1.29, 1.82) is 0 Å². The highest BCUT2D eigenvalue weighted by Crippen LogP contribution is 2.22. The van der Waals surface area contributed by atoms with Crippen molar-refractivity contribution >= 4 is 10.9 Å². The quantitative estimate of drug-likeness (QED) is 0.736. The molecule has 0 unspecified atom stereocenters. The third kappa shape index (κ3) is 2.05. The number of hydrogen-bond acceptors (Lipinski definition) is 1. The molecular formula is C13H17NO. The van der Waals surface area contributed by atoms with Crippen LogP contribution < -0.4 is 0 Å². The molecule has 2 nitrogen and oxygen atoms in total. The molecule has 0 radical (unpaired) electrons. The van der Waals surface area contributed by atoms with E-state index >= 15 is 0 Å². The average molecular weight is 203 g/mol. The van der Waals surface area contributed by atoms with Crippen molar-refractivity contribution in [2.45, 2.75) is 26.2 Å². The molecule has 0 fully saturated rings. The molecule has 0 atom stereocenters. The Labute approximate surface area is 89.9 Å². The molecule has 2 aromatic rings. The Morgan fingerprint density at radius 3 is 2.73 bits per heavy atom. The first-order valence-electron chi connectivity index (χ1n) is 5.50. The molecule has 0 saturated carbocycles. The number of fused-ring (bicyclic) bond motifs is 1. The maximum atomic E-state index is 8.74. The normalized spacial score (nSPS) is 11.1. The van der Waals surface area contributed by atoms with Crippen LogP contribution in [0.5, 0.6) is 0 Å². The van der Waals surface area contributed by atoms with Gasteiger partial charge in [0.15, 0.2) is 0 Å². The van der Waals surface area contributed by atoms with E-state index in [2.05, 4.69) is 36.2 Å². The van der Waals surface area contributed by atoms with E-state index in [1.165, 1.54) is 22.2 Å². The molecule has 0 amide bonds. The maximum absolute atomic E-state index is 8.74. The van der Waals surface area contributed by atoms with Gasteiger partial charge in [-0.2, -0.15) is 0 Å². The standard InChI is InChI=1S/C13H17NO/c1-10-11-6-2-3-8-13(11)14-12(10)7-4-5-9-15/h2-3,6,8,14-15H,4-5,7,9H2,1H3. The summed E-state index contributed by atoms with van der Waals surface area (Å²) in [5.74, 6) is 0. The van der Waals surface area contributed by atoms with Gasteiger partial charge in [0.2, 0.25) is 0 Å². The molecule has 0 spiro atoms. The van der Waals surface area contributed by atoms with Gasteiger partial charge in [-0.15, -0.1) is 0 Å². The molecule has 0 aliphatic heterocycles. The third-order valence-corrected chi connectivity index (χ3v) is 2.90. The number of rotatable bonds is 4. The van der Waals surface area contributed by atoms with Crippen LogP contribution in [-0.4, -0.2) is 16.7 Å². The zero-order chi connectivity index (χ0) is 10.7. The van der Waals surface area contributed by atoms with Gasteiger partial charge in [-0.3, -0.25) is 0 Å². The summed E-state index contributed by atoms with van der Waals surface area (Å²) < 4.78 is 0. The summed E-state index contributed by atoms with van der Waals surface area (Å²) in [6, 6.07) is 8.38. The lowest BCUT2D eigenvalue weighted by Crippen LogP contribution is -1.90. The van der Waals surface area contributed by atoms with Gasteiger partial charge in [-0.25, -0.2) is 0 Å². The molecule has 15 heavy (non-hydrogen) atoms. The van der Waals surface area contributed by atoms with Gasteiger partial charge in [-0.05, 0) is 37.8 Å². The van der Waals surface area contributed by atoms with E-state index in [-0.39, 0.29) is 0 Å². The predicted octanol–water partition coefficient (Wildman–Crippen LogP) is 2.79. The number of benzene rings is 1. The maximum Gasteiger partial charge on any atom is 0.0458 e. The fourth-order valence-electron chi connectivity index (χ4n) is 2.00. The van der Waals surface area contributed by atoms with E-state index in [0.29, 0.717) is 6.61 Å². The van der Waals surface area contributed by atoms with E-state index in [9.17, 15) is 0 Å². The number of aromatic nitrogens is 1. The molecule has 0 aliphatic rings. The zero-order valence-corrected chi connectivity index (χ0v) is 9.09. The fourth-order valence-corrected chi connectivity index (χ4v) is 2.00. The molecule has 0 bridgehead atoms. The topological polar surface area (TPSA) is 36.0 Å². The first-order chi connectivity index (χ1) is 7.33. The lowest BCUT2D eigenvalue weighted by Gasteiger charge is -1.98. The molecule has 80 valence electrons. The Balaban J connectivity index is 2.24. The molecule has 0 saturated heterocycles. The number of H-pyrrole nitrogens is 1. The highest BCUT2D eigenvalue weighted by atomic mass is 16.2. The van der Waals surface area contributed by atoms with Gasteiger partial charge < -0.3 is 10.1 Å². The predicted molar refractivity (Wildman–Crippen MR) is 63.1 cm³/mol. The Morgan fingerprint density at radius 2 is 2.00 bits per heavy atom. The second-order valence-corrected chi connectivity index (χ2v) is 3.95. The van der Waals surface area contributed by atoms with Gasteiger partial charge in [0.05, 0.1) is 0 Å². The van der Waals surface area contributed by atoms with Crippen LogP contribution in [0.15, 0.2) is 24.3 Å². The Morgan fingerprint density at radius 1 is 1.20 bits per heavy atom. The third-order valence-electron chi connectivity index (χ3n) is 2.90. The van der Waals surface area contributed by atoms with Crippen molar-refractivity contribution < 1.29 is 5.11 Å². The number of para-hydroxylation sites is 1. The lowest BCUT2D eigenvalue weighted by atomic mass is 10.1. The van der Waals surface area contributed by atoms with Crippen LogP contribution in [0.2, 0.25) is 0 Å². The van der Waals surface area contributed by atoms with E-state index in [1.807, 2.05) is 0 Å². The molecule has 2 heteroatoms. The number of hydrogen-bond donors (Lipinski definition) is 2. The average Bonchev–Trinajstić information content (AvgIpc) is 2.57. The van der Waals surface area contributed by atoms with Gasteiger partial charge in [0.1, 0.15) is 0 Å². The Bertz CT molecular complexity index is 445. The summed E-state index contributed by atoms with van der Waals surface area (Å²) >= 11 is 0. The molecule has 1 heterocycles. The van der Waals surface area contributed by atoms with Gasteiger partial charge >= 0.3 is 0 Å². The van der Waals surface area contributed by atoms with Crippen molar-refractivity contribution in [3.05, 3.63) is 35.5 Å². The highest BCUT2D eigenvalue weighted by molar-refractivity contribution is 5.84. The van der Waals surface area contributed by atoms with E-state index < -0.39 is 0 Å². The molecule has 1 aromatic heterocycles. The van der Waals surface area contributed by atoms with Crippen LogP contribution in [-0.2, 0) is 6.42 Å². The number of aryl methyl sites for hydroxylation is 2. The number of aromatic amines is 1.